The van der Waals surface area contributed by atoms with Crippen molar-refractivity contribution in [2.24, 2.45) is 0 Å². The fourth-order valence-corrected chi connectivity index (χ4v) is 4.33. The third kappa shape index (κ3) is 3.85. The quantitative estimate of drug-likeness (QED) is 0.834. The number of sulfonamides is 1. The van der Waals surface area contributed by atoms with Gasteiger partial charge in [-0.1, -0.05) is 13.8 Å². The van der Waals surface area contributed by atoms with E-state index in [4.69, 9.17) is 0 Å². The van der Waals surface area contributed by atoms with E-state index < -0.39 is 10.0 Å². The highest BCUT2D eigenvalue weighted by Crippen LogP contribution is 2.24. The van der Waals surface area contributed by atoms with Crippen LogP contribution in [0.4, 0.5) is 0 Å². The van der Waals surface area contributed by atoms with Crippen LogP contribution in [0.1, 0.15) is 47.3 Å². The summed E-state index contributed by atoms with van der Waals surface area (Å²) in [7, 11) is -1.34. The van der Waals surface area contributed by atoms with Crippen molar-refractivity contribution >= 4 is 27.3 Å². The Bertz CT molecular complexity index is 632. The predicted molar refractivity (Wildman–Crippen MR) is 87.7 cm³/mol. The van der Waals surface area contributed by atoms with Gasteiger partial charge in [0.25, 0.3) is 5.91 Å². The Morgan fingerprint density at radius 2 is 2.00 bits per heavy atom. The number of amides is 1. The standard InChI is InChI=1S/C14H23N3O3S2/c1-10(2)13-15-9-12(21-13)14(18)16(3)11-5-7-17(8-6-11)22(4,19)20/h9-11H,5-8H2,1-4H3. The topological polar surface area (TPSA) is 70.6 Å². The number of carbonyl (C=O) groups excluding carboxylic acids is 1. The second kappa shape index (κ2) is 6.64. The molecule has 0 N–H and O–H groups in total. The van der Waals surface area contributed by atoms with Gasteiger partial charge in [-0.2, -0.15) is 0 Å². The average Bonchev–Trinajstić information content (AvgIpc) is 2.95. The summed E-state index contributed by atoms with van der Waals surface area (Å²) >= 11 is 1.44. The van der Waals surface area contributed by atoms with E-state index in [1.54, 1.807) is 18.1 Å². The SMILES string of the molecule is CC(C)c1ncc(C(=O)N(C)C2CCN(S(C)(=O)=O)CC2)s1. The van der Waals surface area contributed by atoms with E-state index >= 15 is 0 Å². The summed E-state index contributed by atoms with van der Waals surface area (Å²) in [6, 6.07) is 0.0788. The molecule has 1 saturated heterocycles. The van der Waals surface area contributed by atoms with Crippen LogP contribution in [0.5, 0.6) is 0 Å². The summed E-state index contributed by atoms with van der Waals surface area (Å²) in [5.41, 5.74) is 0. The fourth-order valence-electron chi connectivity index (χ4n) is 2.55. The Hall–Kier alpha value is -0.990. The average molecular weight is 345 g/mol. The summed E-state index contributed by atoms with van der Waals surface area (Å²) < 4.78 is 24.5. The number of hydrogen-bond acceptors (Lipinski definition) is 5. The van der Waals surface area contributed by atoms with Gasteiger partial charge in [0.2, 0.25) is 10.0 Å². The Morgan fingerprint density at radius 3 is 2.45 bits per heavy atom. The van der Waals surface area contributed by atoms with E-state index in [0.29, 0.717) is 36.7 Å². The largest absolute Gasteiger partial charge is 0.338 e. The van der Waals surface area contributed by atoms with Gasteiger partial charge < -0.3 is 4.90 Å². The number of aromatic nitrogens is 1. The van der Waals surface area contributed by atoms with Crippen LogP contribution in [0, 0.1) is 0 Å². The first-order valence-electron chi connectivity index (χ1n) is 7.38. The van der Waals surface area contributed by atoms with Crippen molar-refractivity contribution in [3.63, 3.8) is 0 Å². The molecule has 124 valence electrons. The van der Waals surface area contributed by atoms with Crippen LogP contribution in [-0.2, 0) is 10.0 Å². The summed E-state index contributed by atoms with van der Waals surface area (Å²) in [5, 5.41) is 0.962. The maximum atomic E-state index is 12.5. The third-order valence-electron chi connectivity index (χ3n) is 3.99. The number of rotatable bonds is 4. The van der Waals surface area contributed by atoms with Crippen LogP contribution in [-0.4, -0.2) is 60.9 Å². The van der Waals surface area contributed by atoms with Crippen molar-refractivity contribution in [2.75, 3.05) is 26.4 Å². The van der Waals surface area contributed by atoms with Crippen LogP contribution in [0.2, 0.25) is 0 Å². The number of hydrogen-bond donors (Lipinski definition) is 0. The molecule has 1 aromatic heterocycles. The number of piperidine rings is 1. The van der Waals surface area contributed by atoms with Crippen molar-refractivity contribution in [3.05, 3.63) is 16.1 Å². The minimum atomic E-state index is -3.13. The lowest BCUT2D eigenvalue weighted by Crippen LogP contribution is -2.46. The van der Waals surface area contributed by atoms with E-state index in [1.165, 1.54) is 21.9 Å². The first kappa shape index (κ1) is 17.4. The number of nitrogens with zero attached hydrogens (tertiary/aromatic N) is 3. The second-order valence-electron chi connectivity index (χ2n) is 6.03. The molecule has 0 atom stereocenters. The fraction of sp³-hybridized carbons (Fsp3) is 0.714. The molecule has 0 bridgehead atoms. The summed E-state index contributed by atoms with van der Waals surface area (Å²) in [6.45, 7) is 5.05. The van der Waals surface area contributed by atoms with Gasteiger partial charge in [0.15, 0.2) is 0 Å². The molecule has 8 heteroatoms. The van der Waals surface area contributed by atoms with E-state index in [1.807, 2.05) is 0 Å². The van der Waals surface area contributed by atoms with Gasteiger partial charge in [-0.05, 0) is 12.8 Å². The third-order valence-corrected chi connectivity index (χ3v) is 6.58. The highest BCUT2D eigenvalue weighted by atomic mass is 32.2. The number of thiazole rings is 1. The van der Waals surface area contributed by atoms with Crippen molar-refractivity contribution in [1.29, 1.82) is 0 Å². The zero-order valence-corrected chi connectivity index (χ0v) is 15.1. The smallest absolute Gasteiger partial charge is 0.265 e. The minimum absolute atomic E-state index is 0.0257. The molecule has 1 aliphatic rings. The molecule has 0 aliphatic carbocycles. The molecule has 1 aromatic rings. The normalized spacial score (nSPS) is 17.9. The van der Waals surface area contributed by atoms with Gasteiger partial charge in [-0.25, -0.2) is 17.7 Å². The number of carbonyl (C=O) groups is 1. The van der Waals surface area contributed by atoms with Crippen LogP contribution in [0.25, 0.3) is 0 Å². The maximum Gasteiger partial charge on any atom is 0.265 e. The van der Waals surface area contributed by atoms with E-state index in [2.05, 4.69) is 18.8 Å². The zero-order valence-electron chi connectivity index (χ0n) is 13.4. The predicted octanol–water partition coefficient (Wildman–Crippen LogP) is 1.76. The van der Waals surface area contributed by atoms with Crippen molar-refractivity contribution < 1.29 is 13.2 Å². The molecule has 0 spiro atoms. The van der Waals surface area contributed by atoms with Crippen molar-refractivity contribution in [3.8, 4) is 0 Å². The Balaban J connectivity index is 2.00. The highest BCUT2D eigenvalue weighted by molar-refractivity contribution is 7.88. The van der Waals surface area contributed by atoms with Crippen molar-refractivity contribution in [1.82, 2.24) is 14.2 Å². The molecule has 1 aliphatic heterocycles. The van der Waals surface area contributed by atoms with Crippen LogP contribution in [0.15, 0.2) is 6.20 Å². The van der Waals surface area contributed by atoms with E-state index in [9.17, 15) is 13.2 Å². The molecule has 1 amide bonds. The lowest BCUT2D eigenvalue weighted by Gasteiger charge is -2.35. The van der Waals surface area contributed by atoms with Gasteiger partial charge >= 0.3 is 0 Å². The summed E-state index contributed by atoms with van der Waals surface area (Å²) in [5.74, 6) is 0.289. The molecular formula is C14H23N3O3S2. The molecule has 0 saturated carbocycles. The molecule has 1 fully saturated rings. The Kier molecular flexibility index (Phi) is 5.24. The van der Waals surface area contributed by atoms with E-state index in [0.717, 1.165) is 5.01 Å². The van der Waals surface area contributed by atoms with Crippen LogP contribution >= 0.6 is 11.3 Å². The van der Waals surface area contributed by atoms with Crippen molar-refractivity contribution in [2.45, 2.75) is 38.6 Å². The summed E-state index contributed by atoms with van der Waals surface area (Å²) in [4.78, 5) is 19.2. The van der Waals surface area contributed by atoms with Gasteiger partial charge in [0, 0.05) is 32.1 Å². The molecule has 0 unspecified atom stereocenters. The van der Waals surface area contributed by atoms with E-state index in [-0.39, 0.29) is 11.9 Å². The highest BCUT2D eigenvalue weighted by Gasteiger charge is 2.30. The van der Waals surface area contributed by atoms with Gasteiger partial charge in [-0.15, -0.1) is 11.3 Å². The molecular weight excluding hydrogens is 322 g/mol. The lowest BCUT2D eigenvalue weighted by molar-refractivity contribution is 0.0687. The molecule has 0 aromatic carbocycles. The molecule has 2 heterocycles. The lowest BCUT2D eigenvalue weighted by atomic mass is 10.1. The minimum Gasteiger partial charge on any atom is -0.338 e. The molecule has 6 nitrogen and oxygen atoms in total. The van der Waals surface area contributed by atoms with Crippen LogP contribution in [0.3, 0.4) is 0 Å². The van der Waals surface area contributed by atoms with Crippen LogP contribution < -0.4 is 0 Å². The molecule has 2 rings (SSSR count). The van der Waals surface area contributed by atoms with Gasteiger partial charge in [0.1, 0.15) is 4.88 Å². The maximum absolute atomic E-state index is 12.5. The monoisotopic (exact) mass is 345 g/mol. The first-order valence-corrected chi connectivity index (χ1v) is 10.0. The molecule has 22 heavy (non-hydrogen) atoms. The zero-order chi connectivity index (χ0) is 16.5. The Labute approximate surface area is 136 Å². The van der Waals surface area contributed by atoms with Gasteiger partial charge in [-0.3, -0.25) is 4.79 Å². The van der Waals surface area contributed by atoms with Gasteiger partial charge in [0.05, 0.1) is 17.5 Å². The molecule has 0 radical (unpaired) electrons. The summed E-state index contributed by atoms with van der Waals surface area (Å²) in [6.07, 6.45) is 4.22. The first-order chi connectivity index (χ1) is 10.2. The Morgan fingerprint density at radius 1 is 1.41 bits per heavy atom. The second-order valence-corrected chi connectivity index (χ2v) is 9.07.